The van der Waals surface area contributed by atoms with Crippen molar-refractivity contribution in [2.24, 2.45) is 0 Å². The van der Waals surface area contributed by atoms with Gasteiger partial charge in [-0.3, -0.25) is 4.79 Å². The van der Waals surface area contributed by atoms with Crippen molar-refractivity contribution in [3.63, 3.8) is 0 Å². The molecule has 0 N–H and O–H groups in total. The van der Waals surface area contributed by atoms with Gasteiger partial charge in [0.15, 0.2) is 11.5 Å². The summed E-state index contributed by atoms with van der Waals surface area (Å²) < 4.78 is 43.4. The van der Waals surface area contributed by atoms with E-state index in [0.29, 0.717) is 32.1 Å². The molecule has 1 fully saturated rings. The van der Waals surface area contributed by atoms with E-state index in [1.807, 2.05) is 0 Å². The molecule has 0 aliphatic carbocycles. The van der Waals surface area contributed by atoms with Crippen molar-refractivity contribution in [3.8, 4) is 11.5 Å². The SMILES string of the molecule is O=C(c1cc2c(cc1Cl)OC(c1ccc(F)cc1F)O2)N1CCOCC1. The zero-order chi connectivity index (χ0) is 18.3. The van der Waals surface area contributed by atoms with Crippen LogP contribution < -0.4 is 9.47 Å². The Labute approximate surface area is 153 Å². The van der Waals surface area contributed by atoms with Gasteiger partial charge in [0.05, 0.1) is 29.4 Å². The number of carbonyl (C=O) groups excluding carboxylic acids is 1. The zero-order valence-electron chi connectivity index (χ0n) is 13.5. The normalized spacial score (nSPS) is 18.9. The summed E-state index contributed by atoms with van der Waals surface area (Å²) in [6.45, 7) is 1.90. The molecule has 0 radical (unpaired) electrons. The van der Waals surface area contributed by atoms with Crippen molar-refractivity contribution in [2.75, 3.05) is 26.3 Å². The van der Waals surface area contributed by atoms with Crippen molar-refractivity contribution in [1.29, 1.82) is 0 Å². The van der Waals surface area contributed by atoms with E-state index < -0.39 is 17.9 Å². The Hall–Kier alpha value is -2.38. The van der Waals surface area contributed by atoms with E-state index in [-0.39, 0.29) is 27.8 Å². The minimum Gasteiger partial charge on any atom is -0.447 e. The molecular formula is C18H14ClF2NO4. The molecule has 1 atom stereocenters. The minimum absolute atomic E-state index is 0.0554. The maximum absolute atomic E-state index is 14.0. The first-order valence-corrected chi connectivity index (χ1v) is 8.39. The predicted octanol–water partition coefficient (Wildman–Crippen LogP) is 3.56. The van der Waals surface area contributed by atoms with Gasteiger partial charge in [0.25, 0.3) is 12.2 Å². The highest BCUT2D eigenvalue weighted by Gasteiger charge is 2.31. The van der Waals surface area contributed by atoms with Gasteiger partial charge in [0, 0.05) is 25.2 Å². The molecule has 1 amide bonds. The van der Waals surface area contributed by atoms with Crippen LogP contribution in [-0.2, 0) is 4.74 Å². The van der Waals surface area contributed by atoms with E-state index in [4.69, 9.17) is 25.8 Å². The molecule has 2 aliphatic heterocycles. The molecule has 2 heterocycles. The standard InChI is InChI=1S/C18H14ClF2NO4/c19-13-9-16-15(8-12(13)17(23)22-3-5-24-6-4-22)25-18(26-16)11-2-1-10(20)7-14(11)21/h1-2,7-9,18H,3-6H2. The summed E-state index contributed by atoms with van der Waals surface area (Å²) in [5.41, 5.74) is 0.330. The fraction of sp³-hybridized carbons (Fsp3) is 0.278. The van der Waals surface area contributed by atoms with Gasteiger partial charge >= 0.3 is 0 Å². The highest BCUT2D eigenvalue weighted by molar-refractivity contribution is 6.34. The maximum Gasteiger partial charge on any atom is 0.270 e. The third-order valence-electron chi connectivity index (χ3n) is 4.25. The Morgan fingerprint density at radius 3 is 2.46 bits per heavy atom. The average molecular weight is 382 g/mol. The van der Waals surface area contributed by atoms with E-state index in [0.717, 1.165) is 12.1 Å². The largest absolute Gasteiger partial charge is 0.447 e. The molecule has 2 aromatic rings. The lowest BCUT2D eigenvalue weighted by Gasteiger charge is -2.27. The quantitative estimate of drug-likeness (QED) is 0.798. The van der Waals surface area contributed by atoms with Crippen LogP contribution in [0.15, 0.2) is 30.3 Å². The van der Waals surface area contributed by atoms with E-state index >= 15 is 0 Å². The summed E-state index contributed by atoms with van der Waals surface area (Å²) in [7, 11) is 0. The molecule has 2 aromatic carbocycles. The molecule has 0 saturated carbocycles. The summed E-state index contributed by atoms with van der Waals surface area (Å²) in [5, 5.41) is 0.212. The highest BCUT2D eigenvalue weighted by atomic mass is 35.5. The second-order valence-electron chi connectivity index (χ2n) is 5.92. The van der Waals surface area contributed by atoms with Gasteiger partial charge in [0.1, 0.15) is 11.6 Å². The number of carbonyl (C=O) groups is 1. The van der Waals surface area contributed by atoms with Crippen LogP contribution >= 0.6 is 11.6 Å². The number of fused-ring (bicyclic) bond motifs is 1. The number of rotatable bonds is 2. The second-order valence-corrected chi connectivity index (χ2v) is 6.32. The van der Waals surface area contributed by atoms with Crippen molar-refractivity contribution in [1.82, 2.24) is 4.90 Å². The molecule has 136 valence electrons. The first-order valence-electron chi connectivity index (χ1n) is 8.02. The molecule has 0 bridgehead atoms. The number of benzene rings is 2. The van der Waals surface area contributed by atoms with Crippen molar-refractivity contribution >= 4 is 17.5 Å². The lowest BCUT2D eigenvalue weighted by atomic mass is 10.1. The van der Waals surface area contributed by atoms with Crippen LogP contribution in [0.2, 0.25) is 5.02 Å². The summed E-state index contributed by atoms with van der Waals surface area (Å²) in [5.74, 6) is -1.13. The van der Waals surface area contributed by atoms with Crippen LogP contribution in [0, 0.1) is 11.6 Å². The lowest BCUT2D eigenvalue weighted by Crippen LogP contribution is -2.40. The van der Waals surface area contributed by atoms with E-state index in [9.17, 15) is 13.6 Å². The zero-order valence-corrected chi connectivity index (χ0v) is 14.3. The van der Waals surface area contributed by atoms with Crippen LogP contribution in [-0.4, -0.2) is 37.1 Å². The van der Waals surface area contributed by atoms with Gasteiger partial charge in [-0.05, 0) is 18.2 Å². The molecule has 5 nitrogen and oxygen atoms in total. The van der Waals surface area contributed by atoms with Crippen LogP contribution in [0.25, 0.3) is 0 Å². The predicted molar refractivity (Wildman–Crippen MR) is 88.5 cm³/mol. The van der Waals surface area contributed by atoms with Crippen LogP contribution in [0.3, 0.4) is 0 Å². The van der Waals surface area contributed by atoms with Gasteiger partial charge < -0.3 is 19.1 Å². The number of morpholine rings is 1. The molecule has 0 spiro atoms. The van der Waals surface area contributed by atoms with Crippen molar-refractivity contribution in [3.05, 3.63) is 58.1 Å². The minimum atomic E-state index is -1.07. The second kappa shape index (κ2) is 6.74. The monoisotopic (exact) mass is 381 g/mol. The van der Waals surface area contributed by atoms with Crippen LogP contribution in [0.5, 0.6) is 11.5 Å². The Morgan fingerprint density at radius 1 is 1.08 bits per heavy atom. The molecule has 4 rings (SSSR count). The molecule has 1 saturated heterocycles. The van der Waals surface area contributed by atoms with Gasteiger partial charge in [-0.1, -0.05) is 11.6 Å². The number of amides is 1. The molecular weight excluding hydrogens is 368 g/mol. The molecule has 0 aromatic heterocycles. The average Bonchev–Trinajstić information content (AvgIpc) is 3.03. The van der Waals surface area contributed by atoms with Gasteiger partial charge in [0.2, 0.25) is 0 Å². The molecule has 8 heteroatoms. The van der Waals surface area contributed by atoms with Crippen molar-refractivity contribution < 1.29 is 27.8 Å². The van der Waals surface area contributed by atoms with E-state index in [2.05, 4.69) is 0 Å². The fourth-order valence-corrected chi connectivity index (χ4v) is 3.13. The molecule has 1 unspecified atom stereocenters. The maximum atomic E-state index is 14.0. The third kappa shape index (κ3) is 3.08. The van der Waals surface area contributed by atoms with Gasteiger partial charge in [-0.15, -0.1) is 0 Å². The smallest absolute Gasteiger partial charge is 0.270 e. The number of halogens is 3. The summed E-state index contributed by atoms with van der Waals surface area (Å²) in [6.07, 6.45) is -1.07. The van der Waals surface area contributed by atoms with Gasteiger partial charge in [-0.25, -0.2) is 8.78 Å². The van der Waals surface area contributed by atoms with Crippen LogP contribution in [0.1, 0.15) is 22.2 Å². The Bertz CT molecular complexity index is 871. The van der Waals surface area contributed by atoms with E-state index in [1.165, 1.54) is 18.2 Å². The Kier molecular flexibility index (Phi) is 4.42. The Balaban J connectivity index is 1.60. The third-order valence-corrected chi connectivity index (χ3v) is 4.56. The molecule has 2 aliphatic rings. The topological polar surface area (TPSA) is 48.0 Å². The van der Waals surface area contributed by atoms with Crippen molar-refractivity contribution in [2.45, 2.75) is 6.29 Å². The van der Waals surface area contributed by atoms with E-state index in [1.54, 1.807) is 4.90 Å². The number of hydrogen-bond donors (Lipinski definition) is 0. The van der Waals surface area contributed by atoms with Crippen LogP contribution in [0.4, 0.5) is 8.78 Å². The fourth-order valence-electron chi connectivity index (χ4n) is 2.89. The number of ether oxygens (including phenoxy) is 3. The first-order chi connectivity index (χ1) is 12.5. The number of hydrogen-bond acceptors (Lipinski definition) is 4. The summed E-state index contributed by atoms with van der Waals surface area (Å²) >= 11 is 6.23. The Morgan fingerprint density at radius 2 is 1.77 bits per heavy atom. The highest BCUT2D eigenvalue weighted by Crippen LogP contribution is 2.44. The molecule has 26 heavy (non-hydrogen) atoms. The summed E-state index contributed by atoms with van der Waals surface area (Å²) in [4.78, 5) is 14.3. The number of nitrogens with zero attached hydrogens (tertiary/aromatic N) is 1. The first kappa shape index (κ1) is 17.1. The summed E-state index contributed by atoms with van der Waals surface area (Å²) in [6, 6.07) is 6.07. The van der Waals surface area contributed by atoms with Gasteiger partial charge in [-0.2, -0.15) is 0 Å². The lowest BCUT2D eigenvalue weighted by molar-refractivity contribution is 0.0302.